The predicted molar refractivity (Wildman–Crippen MR) is 115 cm³/mol. The summed E-state index contributed by atoms with van der Waals surface area (Å²) in [4.78, 5) is 24.7. The first-order valence-electron chi connectivity index (χ1n) is 9.13. The van der Waals surface area contributed by atoms with Crippen LogP contribution in [0.3, 0.4) is 0 Å². The average Bonchev–Trinajstić information content (AvgIpc) is 3.31. The van der Waals surface area contributed by atoms with Crippen LogP contribution in [0.25, 0.3) is 5.69 Å². The minimum absolute atomic E-state index is 0.0520. The normalized spacial score (nSPS) is 10.6. The predicted octanol–water partition coefficient (Wildman–Crippen LogP) is 4.34. The van der Waals surface area contributed by atoms with E-state index >= 15 is 0 Å². The van der Waals surface area contributed by atoms with Crippen LogP contribution >= 0.6 is 11.6 Å². The van der Waals surface area contributed by atoms with Crippen molar-refractivity contribution in [3.63, 3.8) is 0 Å². The molecule has 4 aromatic rings. The second-order valence-corrected chi connectivity index (χ2v) is 6.79. The number of nitrogens with zero attached hydrogens (tertiary/aromatic N) is 2. The molecule has 0 radical (unpaired) electrons. The van der Waals surface area contributed by atoms with Crippen LogP contribution in [0, 0.1) is 0 Å². The standard InChI is InChI=1S/C22H17ClN4O3/c23-20-18(14-25-27(22(20)29)17-8-2-1-3-9-17)24-13-15-6-4-7-16(12-15)26-21(28)19-10-5-11-30-19/h1-12,14,24H,13H2,(H,26,28). The summed E-state index contributed by atoms with van der Waals surface area (Å²) >= 11 is 6.27. The number of aromatic nitrogens is 2. The number of rotatable bonds is 6. The maximum atomic E-state index is 12.6. The molecule has 150 valence electrons. The second-order valence-electron chi connectivity index (χ2n) is 6.41. The number of carbonyl (C=O) groups is 1. The molecule has 0 unspecified atom stereocenters. The van der Waals surface area contributed by atoms with Crippen molar-refractivity contribution in [1.82, 2.24) is 9.78 Å². The van der Waals surface area contributed by atoms with E-state index in [2.05, 4.69) is 15.7 Å². The summed E-state index contributed by atoms with van der Waals surface area (Å²) in [6, 6.07) is 19.6. The first-order chi connectivity index (χ1) is 14.6. The van der Waals surface area contributed by atoms with Crippen LogP contribution in [-0.2, 0) is 6.54 Å². The zero-order valence-electron chi connectivity index (χ0n) is 15.7. The third kappa shape index (κ3) is 4.26. The van der Waals surface area contributed by atoms with Gasteiger partial charge >= 0.3 is 0 Å². The maximum absolute atomic E-state index is 12.6. The van der Waals surface area contributed by atoms with Gasteiger partial charge in [0, 0.05) is 12.2 Å². The van der Waals surface area contributed by atoms with Crippen molar-refractivity contribution in [1.29, 1.82) is 0 Å². The third-order valence-corrected chi connectivity index (χ3v) is 4.70. The molecule has 2 heterocycles. The molecule has 0 spiro atoms. The molecule has 0 saturated heterocycles. The monoisotopic (exact) mass is 420 g/mol. The van der Waals surface area contributed by atoms with Crippen LogP contribution in [0.4, 0.5) is 11.4 Å². The van der Waals surface area contributed by atoms with Gasteiger partial charge in [-0.15, -0.1) is 0 Å². The summed E-state index contributed by atoms with van der Waals surface area (Å²) in [6.07, 6.45) is 2.96. The van der Waals surface area contributed by atoms with Crippen LogP contribution < -0.4 is 16.2 Å². The Bertz CT molecular complexity index is 1220. The van der Waals surface area contributed by atoms with Gasteiger partial charge in [-0.3, -0.25) is 9.59 Å². The SMILES string of the molecule is O=C(Nc1cccc(CNc2cnn(-c3ccccc3)c(=O)c2Cl)c1)c1ccco1. The van der Waals surface area contributed by atoms with Gasteiger partial charge in [-0.05, 0) is 42.0 Å². The Labute approximate surface area is 176 Å². The number of halogens is 1. The number of anilines is 2. The van der Waals surface area contributed by atoms with Gasteiger partial charge in [0.1, 0.15) is 5.02 Å². The Morgan fingerprint density at radius 3 is 2.67 bits per heavy atom. The summed E-state index contributed by atoms with van der Waals surface area (Å²) in [5, 5.41) is 10.1. The summed E-state index contributed by atoms with van der Waals surface area (Å²) in [6.45, 7) is 0.390. The number of para-hydroxylation sites is 1. The van der Waals surface area contributed by atoms with Gasteiger partial charge in [-0.25, -0.2) is 0 Å². The lowest BCUT2D eigenvalue weighted by atomic mass is 10.2. The highest BCUT2D eigenvalue weighted by Crippen LogP contribution is 2.19. The fraction of sp³-hybridized carbons (Fsp3) is 0.0455. The zero-order valence-corrected chi connectivity index (χ0v) is 16.5. The highest BCUT2D eigenvalue weighted by Gasteiger charge is 2.11. The molecule has 8 heteroatoms. The molecular weight excluding hydrogens is 404 g/mol. The van der Waals surface area contributed by atoms with Crippen LogP contribution in [0.15, 0.2) is 88.4 Å². The number of nitrogens with one attached hydrogen (secondary N) is 2. The molecule has 0 fully saturated rings. The highest BCUT2D eigenvalue weighted by molar-refractivity contribution is 6.32. The van der Waals surface area contributed by atoms with Gasteiger partial charge < -0.3 is 15.1 Å². The number of hydrogen-bond donors (Lipinski definition) is 2. The molecule has 30 heavy (non-hydrogen) atoms. The topological polar surface area (TPSA) is 89.2 Å². The molecular formula is C22H17ClN4O3. The zero-order chi connectivity index (χ0) is 20.9. The summed E-state index contributed by atoms with van der Waals surface area (Å²) in [5.41, 5.74) is 2.16. The molecule has 0 atom stereocenters. The van der Waals surface area contributed by atoms with Crippen molar-refractivity contribution in [2.45, 2.75) is 6.54 Å². The van der Waals surface area contributed by atoms with Crippen molar-refractivity contribution in [3.8, 4) is 5.69 Å². The summed E-state index contributed by atoms with van der Waals surface area (Å²) < 4.78 is 6.34. The Hall–Kier alpha value is -3.84. The summed E-state index contributed by atoms with van der Waals surface area (Å²) in [5.74, 6) is -0.0998. The van der Waals surface area contributed by atoms with Gasteiger partial charge in [0.05, 0.1) is 23.8 Å². The van der Waals surface area contributed by atoms with Gasteiger partial charge in [-0.2, -0.15) is 9.78 Å². The van der Waals surface area contributed by atoms with E-state index in [1.54, 1.807) is 30.3 Å². The molecule has 0 aliphatic rings. The minimum Gasteiger partial charge on any atom is -0.459 e. The molecule has 7 nitrogen and oxygen atoms in total. The van der Waals surface area contributed by atoms with Crippen molar-refractivity contribution in [2.75, 3.05) is 10.6 Å². The molecule has 1 amide bonds. The van der Waals surface area contributed by atoms with E-state index in [-0.39, 0.29) is 16.7 Å². The Morgan fingerprint density at radius 2 is 1.90 bits per heavy atom. The van der Waals surface area contributed by atoms with Gasteiger partial charge in [0.2, 0.25) is 0 Å². The molecule has 0 saturated carbocycles. The third-order valence-electron chi connectivity index (χ3n) is 4.33. The number of hydrogen-bond acceptors (Lipinski definition) is 5. The molecule has 2 N–H and O–H groups in total. The van der Waals surface area contributed by atoms with Crippen LogP contribution in [0.1, 0.15) is 16.1 Å². The second kappa shape index (κ2) is 8.67. The Balaban J connectivity index is 1.47. The van der Waals surface area contributed by atoms with Gasteiger partial charge in [-0.1, -0.05) is 41.9 Å². The maximum Gasteiger partial charge on any atom is 0.292 e. The molecule has 0 aliphatic carbocycles. The fourth-order valence-electron chi connectivity index (χ4n) is 2.87. The quantitative estimate of drug-likeness (QED) is 0.484. The average molecular weight is 421 g/mol. The van der Waals surface area contributed by atoms with Gasteiger partial charge in [0.15, 0.2) is 5.76 Å². The van der Waals surface area contributed by atoms with E-state index in [0.717, 1.165) is 5.56 Å². The highest BCUT2D eigenvalue weighted by atomic mass is 35.5. The first kappa shape index (κ1) is 19.5. The van der Waals surface area contributed by atoms with Crippen LogP contribution in [0.5, 0.6) is 0 Å². The Kier molecular flexibility index (Phi) is 5.63. The van der Waals surface area contributed by atoms with Gasteiger partial charge in [0.25, 0.3) is 11.5 Å². The smallest absolute Gasteiger partial charge is 0.292 e. The first-order valence-corrected chi connectivity index (χ1v) is 9.50. The molecule has 2 aromatic carbocycles. The van der Waals surface area contributed by atoms with E-state index in [1.807, 2.05) is 36.4 Å². The van der Waals surface area contributed by atoms with Crippen molar-refractivity contribution < 1.29 is 9.21 Å². The molecule has 0 bridgehead atoms. The number of benzene rings is 2. The number of amides is 1. The van der Waals surface area contributed by atoms with E-state index in [1.165, 1.54) is 17.1 Å². The van der Waals surface area contributed by atoms with Crippen molar-refractivity contribution >= 4 is 28.9 Å². The summed E-state index contributed by atoms with van der Waals surface area (Å²) in [7, 11) is 0. The molecule has 0 aliphatic heterocycles. The lowest BCUT2D eigenvalue weighted by Gasteiger charge is -2.11. The van der Waals surface area contributed by atoms with E-state index in [9.17, 15) is 9.59 Å². The van der Waals surface area contributed by atoms with Crippen LogP contribution in [0.2, 0.25) is 5.02 Å². The van der Waals surface area contributed by atoms with Crippen molar-refractivity contribution in [3.05, 3.63) is 106 Å². The lowest BCUT2D eigenvalue weighted by Crippen LogP contribution is -2.22. The van der Waals surface area contributed by atoms with E-state index in [4.69, 9.17) is 16.0 Å². The molecule has 2 aromatic heterocycles. The number of carbonyl (C=O) groups excluding carboxylic acids is 1. The van der Waals surface area contributed by atoms with E-state index < -0.39 is 5.56 Å². The fourth-order valence-corrected chi connectivity index (χ4v) is 3.06. The lowest BCUT2D eigenvalue weighted by molar-refractivity contribution is 0.0996. The van der Waals surface area contributed by atoms with E-state index in [0.29, 0.717) is 23.6 Å². The largest absolute Gasteiger partial charge is 0.459 e. The molecule has 4 rings (SSSR count). The number of furan rings is 1. The minimum atomic E-state index is -0.410. The Morgan fingerprint density at radius 1 is 1.07 bits per heavy atom. The van der Waals surface area contributed by atoms with Crippen LogP contribution in [-0.4, -0.2) is 15.7 Å². The van der Waals surface area contributed by atoms with Crippen molar-refractivity contribution in [2.24, 2.45) is 0 Å².